The van der Waals surface area contributed by atoms with Crippen LogP contribution in [0.2, 0.25) is 0 Å². The van der Waals surface area contributed by atoms with Gasteiger partial charge in [0, 0.05) is 15.6 Å². The van der Waals surface area contributed by atoms with E-state index in [0.29, 0.717) is 12.1 Å². The van der Waals surface area contributed by atoms with Gasteiger partial charge in [-0.25, -0.2) is 9.59 Å². The Balaban J connectivity index is 2.14. The van der Waals surface area contributed by atoms with Gasteiger partial charge in [0.1, 0.15) is 6.04 Å². The smallest absolute Gasteiger partial charge is 0.415 e. The molecule has 1 aliphatic heterocycles. The third-order valence-electron chi connectivity index (χ3n) is 4.23. The normalized spacial score (nSPS) is 17.1. The summed E-state index contributed by atoms with van der Waals surface area (Å²) in [5.74, 6) is -0.449. The standard InChI is InChI=1S/C20H20INO4/c1-12(2)26-20(24)22-17(19(23)25-3)11-16(21)18(22)15-10-6-8-13-7-4-5-9-14(13)15/h4-10,12,17H,11H2,1-3H3/t17-/m0/s1. The second-order valence-electron chi connectivity index (χ2n) is 6.33. The molecule has 1 amide bonds. The number of rotatable bonds is 3. The fourth-order valence-corrected chi connectivity index (χ4v) is 4.12. The molecule has 0 bridgehead atoms. The highest BCUT2D eigenvalue weighted by molar-refractivity contribution is 14.1. The number of hydrogen-bond acceptors (Lipinski definition) is 4. The van der Waals surface area contributed by atoms with Crippen LogP contribution < -0.4 is 0 Å². The van der Waals surface area contributed by atoms with E-state index in [4.69, 9.17) is 9.47 Å². The summed E-state index contributed by atoms with van der Waals surface area (Å²) in [6, 6.07) is 13.2. The summed E-state index contributed by atoms with van der Waals surface area (Å²) in [5.41, 5.74) is 1.61. The number of hydrogen-bond donors (Lipinski definition) is 0. The molecule has 0 saturated heterocycles. The van der Waals surface area contributed by atoms with Crippen LogP contribution in [0, 0.1) is 0 Å². The number of carbonyl (C=O) groups is 2. The third kappa shape index (κ3) is 3.42. The molecular weight excluding hydrogens is 445 g/mol. The van der Waals surface area contributed by atoms with Crippen molar-refractivity contribution in [2.24, 2.45) is 0 Å². The predicted octanol–water partition coefficient (Wildman–Crippen LogP) is 4.74. The number of fused-ring (bicyclic) bond motifs is 1. The predicted molar refractivity (Wildman–Crippen MR) is 109 cm³/mol. The average molecular weight is 465 g/mol. The molecule has 0 saturated carbocycles. The van der Waals surface area contributed by atoms with Crippen LogP contribution in [0.1, 0.15) is 25.8 Å². The first-order valence-electron chi connectivity index (χ1n) is 8.38. The number of amides is 1. The molecule has 0 aliphatic carbocycles. The summed E-state index contributed by atoms with van der Waals surface area (Å²) >= 11 is 2.20. The Bertz CT molecular complexity index is 885. The first-order valence-corrected chi connectivity index (χ1v) is 9.46. The molecule has 2 aromatic rings. The van der Waals surface area contributed by atoms with Crippen molar-refractivity contribution in [1.29, 1.82) is 0 Å². The van der Waals surface area contributed by atoms with Crippen molar-refractivity contribution < 1.29 is 19.1 Å². The molecule has 136 valence electrons. The number of benzene rings is 2. The van der Waals surface area contributed by atoms with Gasteiger partial charge >= 0.3 is 12.1 Å². The van der Waals surface area contributed by atoms with Crippen LogP contribution in [0.4, 0.5) is 4.79 Å². The zero-order valence-electron chi connectivity index (χ0n) is 14.9. The zero-order valence-corrected chi connectivity index (χ0v) is 17.0. The maximum Gasteiger partial charge on any atom is 0.415 e. The monoisotopic (exact) mass is 465 g/mol. The molecule has 0 aromatic heterocycles. The lowest BCUT2D eigenvalue weighted by molar-refractivity contribution is -0.144. The van der Waals surface area contributed by atoms with Gasteiger partial charge in [-0.1, -0.05) is 42.5 Å². The van der Waals surface area contributed by atoms with Gasteiger partial charge in [0.05, 0.1) is 18.9 Å². The second-order valence-corrected chi connectivity index (χ2v) is 7.63. The van der Waals surface area contributed by atoms with Gasteiger partial charge in [0.25, 0.3) is 0 Å². The van der Waals surface area contributed by atoms with E-state index in [2.05, 4.69) is 22.6 Å². The quantitative estimate of drug-likeness (QED) is 0.486. The summed E-state index contributed by atoms with van der Waals surface area (Å²) in [6.07, 6.45) is -0.406. The molecule has 1 atom stereocenters. The van der Waals surface area contributed by atoms with Gasteiger partial charge in [0.2, 0.25) is 0 Å². The van der Waals surface area contributed by atoms with Gasteiger partial charge in [-0.15, -0.1) is 0 Å². The molecule has 6 heteroatoms. The molecule has 3 rings (SSSR count). The first-order chi connectivity index (χ1) is 12.4. The Kier molecular flexibility index (Phi) is 5.50. The number of halogens is 1. The summed E-state index contributed by atoms with van der Waals surface area (Å²) in [5, 5.41) is 2.09. The maximum absolute atomic E-state index is 12.8. The molecular formula is C20H20INO4. The molecule has 2 aromatic carbocycles. The van der Waals surface area contributed by atoms with Crippen molar-refractivity contribution in [2.45, 2.75) is 32.4 Å². The Morgan fingerprint density at radius 3 is 2.54 bits per heavy atom. The highest BCUT2D eigenvalue weighted by Crippen LogP contribution is 2.42. The van der Waals surface area contributed by atoms with Crippen LogP contribution in [-0.4, -0.2) is 36.2 Å². The van der Waals surface area contributed by atoms with Crippen LogP contribution in [-0.2, 0) is 14.3 Å². The van der Waals surface area contributed by atoms with E-state index in [1.54, 1.807) is 13.8 Å². The van der Waals surface area contributed by atoms with Crippen LogP contribution >= 0.6 is 22.6 Å². The van der Waals surface area contributed by atoms with Crippen molar-refractivity contribution in [3.63, 3.8) is 0 Å². The van der Waals surface area contributed by atoms with Crippen LogP contribution in [0.5, 0.6) is 0 Å². The number of nitrogens with zero attached hydrogens (tertiary/aromatic N) is 1. The van der Waals surface area contributed by atoms with Gasteiger partial charge in [-0.05, 0) is 47.2 Å². The lowest BCUT2D eigenvalue weighted by atomic mass is 10.0. The first kappa shape index (κ1) is 18.7. The van der Waals surface area contributed by atoms with Gasteiger partial charge < -0.3 is 9.47 Å². The number of carbonyl (C=O) groups excluding carboxylic acids is 2. The fourth-order valence-electron chi connectivity index (χ4n) is 3.15. The van der Waals surface area contributed by atoms with E-state index in [-0.39, 0.29) is 6.10 Å². The molecule has 0 fully saturated rings. The molecule has 1 heterocycles. The highest BCUT2D eigenvalue weighted by atomic mass is 127. The third-order valence-corrected chi connectivity index (χ3v) is 5.18. The van der Waals surface area contributed by atoms with E-state index < -0.39 is 18.1 Å². The molecule has 0 N–H and O–H groups in total. The molecule has 1 aliphatic rings. The van der Waals surface area contributed by atoms with Gasteiger partial charge in [0.15, 0.2) is 0 Å². The van der Waals surface area contributed by atoms with Crippen molar-refractivity contribution in [3.8, 4) is 0 Å². The summed E-state index contributed by atoms with van der Waals surface area (Å²) in [7, 11) is 1.33. The Morgan fingerprint density at radius 1 is 1.15 bits per heavy atom. The summed E-state index contributed by atoms with van der Waals surface area (Å²) in [6.45, 7) is 3.57. The second kappa shape index (κ2) is 7.65. The lowest BCUT2D eigenvalue weighted by Crippen LogP contribution is -2.42. The van der Waals surface area contributed by atoms with Crippen LogP contribution in [0.15, 0.2) is 46.0 Å². The number of ether oxygens (including phenoxy) is 2. The van der Waals surface area contributed by atoms with E-state index in [1.165, 1.54) is 12.0 Å². The Morgan fingerprint density at radius 2 is 1.85 bits per heavy atom. The maximum atomic E-state index is 12.8. The van der Waals surface area contributed by atoms with Crippen LogP contribution in [0.3, 0.4) is 0 Å². The molecule has 26 heavy (non-hydrogen) atoms. The van der Waals surface area contributed by atoms with E-state index in [0.717, 1.165) is 19.9 Å². The summed E-state index contributed by atoms with van der Waals surface area (Å²) in [4.78, 5) is 26.5. The zero-order chi connectivity index (χ0) is 18.8. The topological polar surface area (TPSA) is 55.8 Å². The molecule has 0 radical (unpaired) electrons. The van der Waals surface area contributed by atoms with Gasteiger partial charge in [-0.3, -0.25) is 4.90 Å². The van der Waals surface area contributed by atoms with Crippen molar-refractivity contribution >= 4 is 51.1 Å². The van der Waals surface area contributed by atoms with Gasteiger partial charge in [-0.2, -0.15) is 0 Å². The minimum Gasteiger partial charge on any atom is -0.467 e. The Labute approximate surface area is 166 Å². The minimum atomic E-state index is -0.716. The fraction of sp³-hybridized carbons (Fsp3) is 0.300. The van der Waals surface area contributed by atoms with Crippen molar-refractivity contribution in [2.75, 3.05) is 7.11 Å². The van der Waals surface area contributed by atoms with E-state index >= 15 is 0 Å². The van der Waals surface area contributed by atoms with E-state index in [1.807, 2.05) is 42.5 Å². The largest absolute Gasteiger partial charge is 0.467 e. The average Bonchev–Trinajstić information content (AvgIpc) is 2.97. The van der Waals surface area contributed by atoms with E-state index in [9.17, 15) is 9.59 Å². The molecule has 5 nitrogen and oxygen atoms in total. The molecule has 0 spiro atoms. The highest BCUT2D eigenvalue weighted by Gasteiger charge is 2.42. The molecule has 0 unspecified atom stereocenters. The minimum absolute atomic E-state index is 0.284. The SMILES string of the molecule is COC(=O)[C@@H]1CC(I)=C(c2cccc3ccccc23)N1C(=O)OC(C)C. The number of methoxy groups -OCH3 is 1. The number of esters is 1. The van der Waals surface area contributed by atoms with Crippen molar-refractivity contribution in [1.82, 2.24) is 4.90 Å². The van der Waals surface area contributed by atoms with Crippen LogP contribution in [0.25, 0.3) is 16.5 Å². The Hall–Kier alpha value is -2.09. The van der Waals surface area contributed by atoms with Crippen molar-refractivity contribution in [3.05, 3.63) is 51.6 Å². The summed E-state index contributed by atoms with van der Waals surface area (Å²) < 4.78 is 11.3. The lowest BCUT2D eigenvalue weighted by Gasteiger charge is -2.27.